The van der Waals surface area contributed by atoms with Crippen molar-refractivity contribution in [2.75, 3.05) is 11.3 Å². The van der Waals surface area contributed by atoms with Crippen LogP contribution in [0.25, 0.3) is 0 Å². The van der Waals surface area contributed by atoms with Crippen molar-refractivity contribution < 1.29 is 17.9 Å². The highest BCUT2D eigenvalue weighted by Gasteiger charge is 2.20. The molecule has 0 atom stereocenters. The van der Waals surface area contributed by atoms with Crippen molar-refractivity contribution in [1.82, 2.24) is 0 Å². The lowest BCUT2D eigenvalue weighted by Crippen LogP contribution is -2.16. The molecule has 1 heterocycles. The van der Waals surface area contributed by atoms with Gasteiger partial charge in [-0.1, -0.05) is 12.1 Å². The number of hydrogen-bond donors (Lipinski definition) is 2. The van der Waals surface area contributed by atoms with Crippen molar-refractivity contribution in [1.29, 1.82) is 0 Å². The topological polar surface area (TPSA) is 98.5 Å². The molecular weight excluding hydrogens is 336 g/mol. The summed E-state index contributed by atoms with van der Waals surface area (Å²) in [5.41, 5.74) is 5.38. The quantitative estimate of drug-likeness (QED) is 0.798. The molecule has 0 spiro atoms. The lowest BCUT2D eigenvalue weighted by Gasteiger charge is -2.13. The number of amides is 1. The van der Waals surface area contributed by atoms with Gasteiger partial charge in [0.15, 0.2) is 0 Å². The number of nitrogens with two attached hydrogens (primary N) is 1. The maximum atomic E-state index is 12.5. The number of aryl methyl sites for hydroxylation is 2. The monoisotopic (exact) mass is 354 g/mol. The van der Waals surface area contributed by atoms with Crippen molar-refractivity contribution in [3.05, 3.63) is 40.1 Å². The van der Waals surface area contributed by atoms with Crippen LogP contribution in [-0.2, 0) is 14.8 Å². The molecule has 0 saturated heterocycles. The number of hydrogen-bond acceptors (Lipinski definition) is 5. The number of anilines is 1. The van der Waals surface area contributed by atoms with Gasteiger partial charge >= 0.3 is 0 Å². The fourth-order valence-electron chi connectivity index (χ4n) is 2.01. The van der Waals surface area contributed by atoms with Gasteiger partial charge in [0.2, 0.25) is 5.91 Å². The SMILES string of the molecule is Cc1cc(S(=O)(=O)Nc2ccccc2OCCC(N)=O)c(C)s1. The predicted molar refractivity (Wildman–Crippen MR) is 90.3 cm³/mol. The van der Waals surface area contributed by atoms with Crippen LogP contribution in [0, 0.1) is 13.8 Å². The minimum absolute atomic E-state index is 0.0594. The third-order valence-electron chi connectivity index (χ3n) is 3.02. The Morgan fingerprint density at radius 2 is 2.00 bits per heavy atom. The fraction of sp³-hybridized carbons (Fsp3) is 0.267. The number of thiophene rings is 1. The van der Waals surface area contributed by atoms with E-state index in [9.17, 15) is 13.2 Å². The van der Waals surface area contributed by atoms with Crippen molar-refractivity contribution in [3.8, 4) is 5.75 Å². The summed E-state index contributed by atoms with van der Waals surface area (Å²) in [5, 5.41) is 0. The standard InChI is InChI=1S/C15H18N2O4S2/c1-10-9-14(11(2)22-10)23(19,20)17-12-5-3-4-6-13(12)21-8-7-15(16)18/h3-6,9,17H,7-8H2,1-2H3,(H2,16,18). The normalized spacial score (nSPS) is 11.2. The van der Waals surface area contributed by atoms with Crippen molar-refractivity contribution in [3.63, 3.8) is 0 Å². The number of primary amides is 1. The zero-order valence-corrected chi connectivity index (χ0v) is 14.5. The number of benzene rings is 1. The van der Waals surface area contributed by atoms with E-state index >= 15 is 0 Å². The largest absolute Gasteiger partial charge is 0.491 e. The maximum Gasteiger partial charge on any atom is 0.263 e. The molecule has 1 amide bonds. The highest BCUT2D eigenvalue weighted by atomic mass is 32.2. The summed E-state index contributed by atoms with van der Waals surface area (Å²) >= 11 is 1.43. The Bertz CT molecular complexity index is 813. The second-order valence-electron chi connectivity index (χ2n) is 4.94. The summed E-state index contributed by atoms with van der Waals surface area (Å²) in [7, 11) is -3.70. The average Bonchev–Trinajstić information content (AvgIpc) is 2.80. The Morgan fingerprint density at radius 3 is 2.61 bits per heavy atom. The van der Waals surface area contributed by atoms with Crippen molar-refractivity contribution >= 4 is 33.0 Å². The Morgan fingerprint density at radius 1 is 1.30 bits per heavy atom. The van der Waals surface area contributed by atoms with Gasteiger partial charge in [-0.05, 0) is 32.0 Å². The van der Waals surface area contributed by atoms with E-state index in [0.29, 0.717) is 11.4 Å². The third kappa shape index (κ3) is 4.46. The first-order valence-electron chi connectivity index (χ1n) is 6.89. The first-order chi connectivity index (χ1) is 10.8. The summed E-state index contributed by atoms with van der Waals surface area (Å²) in [6.45, 7) is 3.71. The number of ether oxygens (including phenoxy) is 1. The Kier molecular flexibility index (Phi) is 5.27. The van der Waals surface area contributed by atoms with Crippen molar-refractivity contribution in [2.24, 2.45) is 5.73 Å². The first-order valence-corrected chi connectivity index (χ1v) is 9.19. The van der Waals surface area contributed by atoms with Crippen LogP contribution in [-0.4, -0.2) is 20.9 Å². The number of sulfonamides is 1. The molecule has 2 aromatic rings. The van der Waals surface area contributed by atoms with Gasteiger partial charge in [-0.3, -0.25) is 9.52 Å². The Balaban J connectivity index is 2.22. The Hall–Kier alpha value is -2.06. The van der Waals surface area contributed by atoms with E-state index in [-0.39, 0.29) is 17.9 Å². The van der Waals surface area contributed by atoms with Gasteiger partial charge in [-0.25, -0.2) is 8.42 Å². The molecule has 124 valence electrons. The van der Waals surface area contributed by atoms with E-state index in [4.69, 9.17) is 10.5 Å². The molecule has 0 aliphatic heterocycles. The summed E-state index contributed by atoms with van der Waals surface area (Å²) in [5.74, 6) is -0.130. The molecular formula is C15H18N2O4S2. The van der Waals surface area contributed by atoms with Gasteiger partial charge < -0.3 is 10.5 Å². The molecule has 0 aliphatic rings. The molecule has 0 unspecified atom stereocenters. The van der Waals surface area contributed by atoms with Crippen LogP contribution in [0.5, 0.6) is 5.75 Å². The van der Waals surface area contributed by atoms with Crippen LogP contribution in [0.4, 0.5) is 5.69 Å². The summed E-state index contributed by atoms with van der Waals surface area (Å²) in [6, 6.07) is 8.29. The molecule has 1 aromatic carbocycles. The average molecular weight is 354 g/mol. The molecule has 23 heavy (non-hydrogen) atoms. The molecule has 3 N–H and O–H groups in total. The molecule has 1 aromatic heterocycles. The zero-order valence-electron chi connectivity index (χ0n) is 12.8. The minimum atomic E-state index is -3.70. The number of para-hydroxylation sites is 2. The van der Waals surface area contributed by atoms with Crippen LogP contribution in [0.2, 0.25) is 0 Å². The number of carbonyl (C=O) groups excluding carboxylic acids is 1. The van der Waals surface area contributed by atoms with Crippen molar-refractivity contribution in [2.45, 2.75) is 25.2 Å². The van der Waals surface area contributed by atoms with E-state index in [1.165, 1.54) is 11.3 Å². The van der Waals surface area contributed by atoms with Crippen LogP contribution in [0.1, 0.15) is 16.2 Å². The van der Waals surface area contributed by atoms with E-state index in [0.717, 1.165) is 9.75 Å². The highest BCUT2D eigenvalue weighted by molar-refractivity contribution is 7.93. The molecule has 8 heteroatoms. The van der Waals surface area contributed by atoms with Gasteiger partial charge in [0.1, 0.15) is 10.6 Å². The first kappa shape index (κ1) is 17.3. The molecule has 2 rings (SSSR count). The van der Waals surface area contributed by atoms with Gasteiger partial charge in [0, 0.05) is 9.75 Å². The molecule has 0 fully saturated rings. The van der Waals surface area contributed by atoms with E-state index < -0.39 is 15.9 Å². The zero-order chi connectivity index (χ0) is 17.0. The summed E-state index contributed by atoms with van der Waals surface area (Å²) in [4.78, 5) is 12.7. The lowest BCUT2D eigenvalue weighted by molar-refractivity contribution is -0.118. The van der Waals surface area contributed by atoms with Gasteiger partial charge in [-0.15, -0.1) is 11.3 Å². The maximum absolute atomic E-state index is 12.5. The van der Waals surface area contributed by atoms with Gasteiger partial charge in [-0.2, -0.15) is 0 Å². The van der Waals surface area contributed by atoms with Crippen LogP contribution in [0.3, 0.4) is 0 Å². The van der Waals surface area contributed by atoms with Gasteiger partial charge in [0.25, 0.3) is 10.0 Å². The molecule has 0 bridgehead atoms. The van der Waals surface area contributed by atoms with Crippen LogP contribution in [0.15, 0.2) is 35.2 Å². The highest BCUT2D eigenvalue weighted by Crippen LogP contribution is 2.30. The summed E-state index contributed by atoms with van der Waals surface area (Å²) < 4.78 is 33.0. The number of nitrogens with one attached hydrogen (secondary N) is 1. The van der Waals surface area contributed by atoms with Crippen LogP contribution < -0.4 is 15.2 Å². The van der Waals surface area contributed by atoms with Gasteiger partial charge in [0.05, 0.1) is 18.7 Å². The third-order valence-corrected chi connectivity index (χ3v) is 5.61. The molecule has 0 saturated carbocycles. The van der Waals surface area contributed by atoms with E-state index in [1.807, 2.05) is 6.92 Å². The summed E-state index contributed by atoms with van der Waals surface area (Å²) in [6.07, 6.45) is 0.0594. The second kappa shape index (κ2) is 7.01. The van der Waals surface area contributed by atoms with E-state index in [1.54, 1.807) is 37.3 Å². The molecule has 6 nitrogen and oxygen atoms in total. The minimum Gasteiger partial charge on any atom is -0.491 e. The molecule has 0 aliphatic carbocycles. The lowest BCUT2D eigenvalue weighted by atomic mass is 10.3. The fourth-order valence-corrected chi connectivity index (χ4v) is 4.64. The number of rotatable bonds is 7. The predicted octanol–water partition coefficient (Wildman–Crippen LogP) is 2.42. The smallest absolute Gasteiger partial charge is 0.263 e. The number of carbonyl (C=O) groups is 1. The van der Waals surface area contributed by atoms with Crippen LogP contribution >= 0.6 is 11.3 Å². The van der Waals surface area contributed by atoms with E-state index in [2.05, 4.69) is 4.72 Å². The Labute approximate surface area is 139 Å². The molecule has 0 radical (unpaired) electrons. The second-order valence-corrected chi connectivity index (χ2v) is 8.06.